The minimum Gasteiger partial charge on any atom is -0.388 e. The summed E-state index contributed by atoms with van der Waals surface area (Å²) in [5.74, 6) is -2.86. The van der Waals surface area contributed by atoms with Crippen LogP contribution in [-0.2, 0) is 4.74 Å². The second-order valence-electron chi connectivity index (χ2n) is 4.10. The fourth-order valence-electron chi connectivity index (χ4n) is 1.07. The third-order valence-electron chi connectivity index (χ3n) is 1.42. The average Bonchev–Trinajstić information content (AvgIpc) is 1.78. The molecule has 0 fully saturated rings. The molecular weight excluding hydrogens is 178 g/mol. The number of aliphatic hydroxyl groups is 1. The molecule has 0 rings (SSSR count). The van der Waals surface area contributed by atoms with Crippen LogP contribution in [-0.4, -0.2) is 29.3 Å². The van der Waals surface area contributed by atoms with Crippen LogP contribution in [0.3, 0.4) is 0 Å². The van der Waals surface area contributed by atoms with Gasteiger partial charge < -0.3 is 9.84 Å². The average molecular weight is 196 g/mol. The Kier molecular flexibility index (Phi) is 4.26. The molecule has 0 amide bonds. The van der Waals surface area contributed by atoms with E-state index in [-0.39, 0.29) is 12.7 Å². The summed E-state index contributed by atoms with van der Waals surface area (Å²) < 4.78 is 30.1. The third-order valence-corrected chi connectivity index (χ3v) is 1.42. The van der Waals surface area contributed by atoms with Gasteiger partial charge in [0.15, 0.2) is 0 Å². The van der Waals surface area contributed by atoms with Crippen LogP contribution in [0.4, 0.5) is 8.78 Å². The fourth-order valence-corrected chi connectivity index (χ4v) is 1.07. The fraction of sp³-hybridized carbons (Fsp3) is 1.00. The van der Waals surface area contributed by atoms with Gasteiger partial charge in [0.2, 0.25) is 5.92 Å². The summed E-state index contributed by atoms with van der Waals surface area (Å²) in [6.45, 7) is 5.66. The lowest BCUT2D eigenvalue weighted by Crippen LogP contribution is -2.37. The van der Waals surface area contributed by atoms with E-state index < -0.39 is 17.9 Å². The van der Waals surface area contributed by atoms with Gasteiger partial charge in [-0.1, -0.05) is 0 Å². The van der Waals surface area contributed by atoms with Crippen LogP contribution in [0.15, 0.2) is 0 Å². The number of ether oxygens (including phenoxy) is 1. The van der Waals surface area contributed by atoms with Crippen molar-refractivity contribution in [3.8, 4) is 0 Å². The minimum absolute atomic E-state index is 0.0584. The van der Waals surface area contributed by atoms with Crippen LogP contribution in [0.2, 0.25) is 0 Å². The first kappa shape index (κ1) is 12.8. The highest BCUT2D eigenvalue weighted by Crippen LogP contribution is 2.25. The monoisotopic (exact) mass is 196 g/mol. The van der Waals surface area contributed by atoms with Crippen molar-refractivity contribution in [1.82, 2.24) is 0 Å². The zero-order chi connectivity index (χ0) is 10.7. The van der Waals surface area contributed by atoms with E-state index in [1.54, 1.807) is 13.8 Å². The molecule has 4 heteroatoms. The summed E-state index contributed by atoms with van der Waals surface area (Å²) in [5, 5.41) is 9.49. The molecule has 2 nitrogen and oxygen atoms in total. The largest absolute Gasteiger partial charge is 0.388 e. The second-order valence-corrected chi connectivity index (χ2v) is 4.10. The van der Waals surface area contributed by atoms with E-state index in [9.17, 15) is 13.9 Å². The smallest absolute Gasteiger partial charge is 0.248 e. The van der Waals surface area contributed by atoms with Gasteiger partial charge in [-0.25, -0.2) is 8.78 Å². The van der Waals surface area contributed by atoms with E-state index in [1.807, 2.05) is 0 Å². The minimum atomic E-state index is -2.86. The highest BCUT2D eigenvalue weighted by molar-refractivity contribution is 4.78. The highest BCUT2D eigenvalue weighted by Gasteiger charge is 2.34. The summed E-state index contributed by atoms with van der Waals surface area (Å²) in [5.41, 5.74) is -1.46. The van der Waals surface area contributed by atoms with Crippen molar-refractivity contribution < 1.29 is 18.6 Å². The van der Waals surface area contributed by atoms with Gasteiger partial charge in [-0.2, -0.15) is 0 Å². The zero-order valence-corrected chi connectivity index (χ0v) is 8.60. The Morgan fingerprint density at radius 1 is 1.31 bits per heavy atom. The topological polar surface area (TPSA) is 29.5 Å². The van der Waals surface area contributed by atoms with Gasteiger partial charge in [-0.15, -0.1) is 0 Å². The van der Waals surface area contributed by atoms with E-state index in [4.69, 9.17) is 4.74 Å². The van der Waals surface area contributed by atoms with Crippen molar-refractivity contribution in [1.29, 1.82) is 0 Å². The maximum absolute atomic E-state index is 12.5. The van der Waals surface area contributed by atoms with Gasteiger partial charge in [0.05, 0.1) is 18.3 Å². The molecule has 1 atom stereocenters. The van der Waals surface area contributed by atoms with Crippen molar-refractivity contribution in [2.75, 3.05) is 6.61 Å². The number of hydrogen-bond donors (Lipinski definition) is 1. The van der Waals surface area contributed by atoms with Gasteiger partial charge in [0, 0.05) is 6.42 Å². The van der Waals surface area contributed by atoms with Gasteiger partial charge in [-0.05, 0) is 27.7 Å². The number of halogens is 2. The lowest BCUT2D eigenvalue weighted by Gasteiger charge is -2.27. The molecule has 0 saturated carbocycles. The van der Waals surface area contributed by atoms with Crippen molar-refractivity contribution >= 4 is 0 Å². The molecule has 0 saturated heterocycles. The predicted octanol–water partition coefficient (Wildman–Crippen LogP) is 2.21. The Balaban J connectivity index is 3.94. The molecule has 0 aromatic rings. The Morgan fingerprint density at radius 2 is 1.77 bits per heavy atom. The van der Waals surface area contributed by atoms with Gasteiger partial charge in [-0.3, -0.25) is 0 Å². The first-order valence-electron chi connectivity index (χ1n) is 4.34. The second kappa shape index (κ2) is 4.33. The van der Waals surface area contributed by atoms with Gasteiger partial charge in [0.1, 0.15) is 0 Å². The van der Waals surface area contributed by atoms with Crippen LogP contribution < -0.4 is 0 Å². The van der Waals surface area contributed by atoms with Gasteiger partial charge in [0.25, 0.3) is 0 Å². The maximum atomic E-state index is 12.5. The summed E-state index contributed by atoms with van der Waals surface area (Å²) in [6, 6.07) is 0. The molecule has 0 bridgehead atoms. The lowest BCUT2D eigenvalue weighted by molar-refractivity contribution is -0.111. The number of alkyl halides is 2. The SMILES string of the molecule is CC(C)OCC(C)(O)CC(C)(F)F. The number of rotatable bonds is 5. The van der Waals surface area contributed by atoms with Crippen LogP contribution in [0, 0.1) is 0 Å². The van der Waals surface area contributed by atoms with E-state index >= 15 is 0 Å². The van der Waals surface area contributed by atoms with Crippen molar-refractivity contribution in [2.45, 2.75) is 51.7 Å². The summed E-state index contributed by atoms with van der Waals surface area (Å²) in [6.07, 6.45) is -0.635. The molecule has 0 aromatic heterocycles. The molecule has 0 radical (unpaired) electrons. The number of hydrogen-bond acceptors (Lipinski definition) is 2. The molecule has 0 heterocycles. The van der Waals surface area contributed by atoms with E-state index in [2.05, 4.69) is 0 Å². The molecule has 1 unspecified atom stereocenters. The first-order chi connectivity index (χ1) is 5.62. The van der Waals surface area contributed by atoms with Gasteiger partial charge >= 0.3 is 0 Å². The zero-order valence-electron chi connectivity index (χ0n) is 8.60. The molecule has 1 N–H and O–H groups in total. The summed E-state index contributed by atoms with van der Waals surface area (Å²) in [7, 11) is 0. The first-order valence-corrected chi connectivity index (χ1v) is 4.34. The lowest BCUT2D eigenvalue weighted by atomic mass is 10.00. The normalized spacial score (nSPS) is 17.5. The molecule has 80 valence electrons. The Hall–Kier alpha value is -0.220. The molecule has 0 aliphatic heterocycles. The van der Waals surface area contributed by atoms with Crippen LogP contribution in [0.5, 0.6) is 0 Å². The van der Waals surface area contributed by atoms with Crippen LogP contribution >= 0.6 is 0 Å². The Bertz CT molecular complexity index is 150. The predicted molar refractivity (Wildman–Crippen MR) is 46.9 cm³/mol. The molecule has 0 aliphatic rings. The third kappa shape index (κ3) is 8.12. The molecule has 13 heavy (non-hydrogen) atoms. The van der Waals surface area contributed by atoms with E-state index in [1.165, 1.54) is 6.92 Å². The Labute approximate surface area is 77.9 Å². The van der Waals surface area contributed by atoms with Crippen molar-refractivity contribution in [3.63, 3.8) is 0 Å². The van der Waals surface area contributed by atoms with Crippen molar-refractivity contribution in [3.05, 3.63) is 0 Å². The van der Waals surface area contributed by atoms with Crippen LogP contribution in [0.1, 0.15) is 34.1 Å². The van der Waals surface area contributed by atoms with Crippen molar-refractivity contribution in [2.24, 2.45) is 0 Å². The van der Waals surface area contributed by atoms with E-state index in [0.717, 1.165) is 6.92 Å². The molecular formula is C9H18F2O2. The quantitative estimate of drug-likeness (QED) is 0.730. The molecule has 0 aromatic carbocycles. The Morgan fingerprint density at radius 3 is 2.08 bits per heavy atom. The van der Waals surface area contributed by atoms with Crippen LogP contribution in [0.25, 0.3) is 0 Å². The van der Waals surface area contributed by atoms with E-state index in [0.29, 0.717) is 0 Å². The highest BCUT2D eigenvalue weighted by atomic mass is 19.3. The summed E-state index contributed by atoms with van der Waals surface area (Å²) in [4.78, 5) is 0. The molecule has 0 spiro atoms. The molecule has 0 aliphatic carbocycles. The summed E-state index contributed by atoms with van der Waals surface area (Å²) >= 11 is 0. The maximum Gasteiger partial charge on any atom is 0.248 e. The standard InChI is InChI=1S/C9H18F2O2/c1-7(2)13-6-8(3,12)5-9(4,10)11/h7,12H,5-6H2,1-4H3.